The van der Waals surface area contributed by atoms with Gasteiger partial charge in [-0.2, -0.15) is 0 Å². The van der Waals surface area contributed by atoms with Crippen LogP contribution in [0.2, 0.25) is 0 Å². The maximum Gasteiger partial charge on any atom is 0.119 e. The van der Waals surface area contributed by atoms with Crippen LogP contribution in [-0.2, 0) is 6.42 Å². The largest absolute Gasteiger partial charge is 0.497 e. The van der Waals surface area contributed by atoms with Crippen molar-refractivity contribution in [1.82, 2.24) is 9.88 Å². The van der Waals surface area contributed by atoms with Crippen LogP contribution in [0.25, 0.3) is 0 Å². The number of aromatic nitrogens is 1. The van der Waals surface area contributed by atoms with Gasteiger partial charge in [-0.25, -0.2) is 0 Å². The Balaban J connectivity index is 1.70. The lowest BCUT2D eigenvalue weighted by Gasteiger charge is -2.25. The summed E-state index contributed by atoms with van der Waals surface area (Å²) in [5.41, 5.74) is 2.45. The minimum absolute atomic E-state index is 0.458. The van der Waals surface area contributed by atoms with Gasteiger partial charge in [-0.05, 0) is 63.2 Å². The van der Waals surface area contributed by atoms with Gasteiger partial charge in [0.1, 0.15) is 11.5 Å². The predicted molar refractivity (Wildman–Crippen MR) is 97.9 cm³/mol. The number of methoxy groups -OCH3 is 1. The van der Waals surface area contributed by atoms with Crippen LogP contribution in [0, 0.1) is 6.92 Å². The molecule has 24 heavy (non-hydrogen) atoms. The fourth-order valence-electron chi connectivity index (χ4n) is 2.56. The average Bonchev–Trinajstić information content (AvgIpc) is 2.61. The Morgan fingerprint density at radius 1 is 1.12 bits per heavy atom. The Bertz CT molecular complexity index is 613. The van der Waals surface area contributed by atoms with Crippen molar-refractivity contribution in [3.63, 3.8) is 0 Å². The molecule has 2 rings (SSSR count). The standard InChI is InChI=1S/C20H28N2O2/c1-16-7-5-12-21-20(16)15-17(2)22(3)13-6-14-24-19-10-8-18(23-4)9-11-19/h5,7-12,17H,6,13-15H2,1-4H3. The first-order valence-corrected chi connectivity index (χ1v) is 8.47. The van der Waals surface area contributed by atoms with Crippen molar-refractivity contribution in [3.8, 4) is 11.5 Å². The highest BCUT2D eigenvalue weighted by molar-refractivity contribution is 5.31. The first-order chi connectivity index (χ1) is 11.6. The van der Waals surface area contributed by atoms with Crippen LogP contribution in [0.3, 0.4) is 0 Å². The molecule has 2 aromatic rings. The van der Waals surface area contributed by atoms with Crippen molar-refractivity contribution in [2.24, 2.45) is 0 Å². The summed E-state index contributed by atoms with van der Waals surface area (Å²) in [5, 5.41) is 0. The third-order valence-corrected chi connectivity index (χ3v) is 4.34. The van der Waals surface area contributed by atoms with Gasteiger partial charge in [-0.15, -0.1) is 0 Å². The summed E-state index contributed by atoms with van der Waals surface area (Å²) in [4.78, 5) is 6.86. The Morgan fingerprint density at radius 3 is 2.50 bits per heavy atom. The summed E-state index contributed by atoms with van der Waals surface area (Å²) in [5.74, 6) is 1.73. The molecule has 0 amide bonds. The molecule has 1 aromatic heterocycles. The van der Waals surface area contributed by atoms with E-state index in [0.29, 0.717) is 12.6 Å². The zero-order valence-corrected chi connectivity index (χ0v) is 15.2. The van der Waals surface area contributed by atoms with Gasteiger partial charge in [0.05, 0.1) is 13.7 Å². The zero-order chi connectivity index (χ0) is 17.4. The molecule has 0 fully saturated rings. The van der Waals surface area contributed by atoms with Gasteiger partial charge >= 0.3 is 0 Å². The number of pyridine rings is 1. The third-order valence-electron chi connectivity index (χ3n) is 4.34. The quantitative estimate of drug-likeness (QED) is 0.657. The van der Waals surface area contributed by atoms with Gasteiger partial charge in [0.25, 0.3) is 0 Å². The zero-order valence-electron chi connectivity index (χ0n) is 15.2. The highest BCUT2D eigenvalue weighted by atomic mass is 16.5. The highest BCUT2D eigenvalue weighted by Gasteiger charge is 2.11. The fourth-order valence-corrected chi connectivity index (χ4v) is 2.56. The smallest absolute Gasteiger partial charge is 0.119 e. The molecule has 1 atom stereocenters. The molecule has 0 aliphatic heterocycles. The Morgan fingerprint density at radius 2 is 1.83 bits per heavy atom. The monoisotopic (exact) mass is 328 g/mol. The lowest BCUT2D eigenvalue weighted by atomic mass is 10.1. The lowest BCUT2D eigenvalue weighted by molar-refractivity contribution is 0.222. The molecular weight excluding hydrogens is 300 g/mol. The summed E-state index contributed by atoms with van der Waals surface area (Å²) in [6, 6.07) is 12.3. The van der Waals surface area contributed by atoms with Gasteiger partial charge in [0.15, 0.2) is 0 Å². The highest BCUT2D eigenvalue weighted by Crippen LogP contribution is 2.17. The number of benzene rings is 1. The normalized spacial score (nSPS) is 12.2. The van der Waals surface area contributed by atoms with E-state index in [4.69, 9.17) is 9.47 Å². The number of nitrogens with zero attached hydrogens (tertiary/aromatic N) is 2. The first-order valence-electron chi connectivity index (χ1n) is 8.47. The van der Waals surface area contributed by atoms with Crippen LogP contribution >= 0.6 is 0 Å². The second-order valence-corrected chi connectivity index (χ2v) is 6.18. The SMILES string of the molecule is COc1ccc(OCCCN(C)C(C)Cc2ncccc2C)cc1. The van der Waals surface area contributed by atoms with E-state index >= 15 is 0 Å². The maximum atomic E-state index is 5.78. The fraction of sp³-hybridized carbons (Fsp3) is 0.450. The number of ether oxygens (including phenoxy) is 2. The topological polar surface area (TPSA) is 34.6 Å². The first kappa shape index (κ1) is 18.3. The van der Waals surface area contributed by atoms with Crippen LogP contribution in [0.5, 0.6) is 11.5 Å². The average molecular weight is 328 g/mol. The lowest BCUT2D eigenvalue weighted by Crippen LogP contribution is -2.32. The molecule has 0 saturated heterocycles. The summed E-state index contributed by atoms with van der Waals surface area (Å²) in [6.45, 7) is 6.09. The second kappa shape index (κ2) is 9.28. The Hall–Kier alpha value is -2.07. The number of aryl methyl sites for hydroxylation is 1. The predicted octanol–water partition coefficient (Wildman–Crippen LogP) is 3.73. The molecule has 0 spiro atoms. The minimum atomic E-state index is 0.458. The van der Waals surface area contributed by atoms with Crippen molar-refractivity contribution in [1.29, 1.82) is 0 Å². The van der Waals surface area contributed by atoms with E-state index in [1.807, 2.05) is 36.5 Å². The number of hydrogen-bond acceptors (Lipinski definition) is 4. The van der Waals surface area contributed by atoms with E-state index < -0.39 is 0 Å². The van der Waals surface area contributed by atoms with Crippen LogP contribution in [0.15, 0.2) is 42.6 Å². The van der Waals surface area contributed by atoms with Crippen LogP contribution < -0.4 is 9.47 Å². The van der Waals surface area contributed by atoms with Gasteiger partial charge in [0, 0.05) is 30.9 Å². The Labute approximate surface area is 145 Å². The van der Waals surface area contributed by atoms with E-state index in [0.717, 1.165) is 30.9 Å². The van der Waals surface area contributed by atoms with Gasteiger partial charge in [-0.3, -0.25) is 4.98 Å². The molecule has 0 saturated carbocycles. The molecular formula is C20H28N2O2. The summed E-state index contributed by atoms with van der Waals surface area (Å²) >= 11 is 0. The summed E-state index contributed by atoms with van der Waals surface area (Å²) in [6.07, 6.45) is 3.84. The molecule has 1 aromatic carbocycles. The van der Waals surface area contributed by atoms with Crippen molar-refractivity contribution in [2.75, 3.05) is 27.3 Å². The summed E-state index contributed by atoms with van der Waals surface area (Å²) < 4.78 is 10.9. The van der Waals surface area contributed by atoms with Crippen molar-refractivity contribution in [2.45, 2.75) is 32.7 Å². The molecule has 0 aliphatic carbocycles. The van der Waals surface area contributed by atoms with Crippen molar-refractivity contribution < 1.29 is 9.47 Å². The molecule has 4 nitrogen and oxygen atoms in total. The minimum Gasteiger partial charge on any atom is -0.497 e. The maximum absolute atomic E-state index is 5.78. The Kier molecular flexibility index (Phi) is 7.07. The van der Waals surface area contributed by atoms with E-state index in [9.17, 15) is 0 Å². The number of rotatable bonds is 9. The molecule has 0 aliphatic rings. The third kappa shape index (κ3) is 5.53. The van der Waals surface area contributed by atoms with E-state index in [1.54, 1.807) is 7.11 Å². The second-order valence-electron chi connectivity index (χ2n) is 6.18. The van der Waals surface area contributed by atoms with E-state index in [1.165, 1.54) is 11.3 Å². The molecule has 1 heterocycles. The van der Waals surface area contributed by atoms with Gasteiger partial charge in [-0.1, -0.05) is 6.07 Å². The molecule has 0 radical (unpaired) electrons. The number of hydrogen-bond donors (Lipinski definition) is 0. The number of likely N-dealkylation sites (N-methyl/N-ethyl adjacent to an activating group) is 1. The molecule has 1 unspecified atom stereocenters. The van der Waals surface area contributed by atoms with Crippen LogP contribution in [0.1, 0.15) is 24.6 Å². The van der Waals surface area contributed by atoms with Crippen molar-refractivity contribution in [3.05, 3.63) is 53.9 Å². The molecule has 0 N–H and O–H groups in total. The van der Waals surface area contributed by atoms with Gasteiger partial charge < -0.3 is 14.4 Å². The van der Waals surface area contributed by atoms with Gasteiger partial charge in [0.2, 0.25) is 0 Å². The summed E-state index contributed by atoms with van der Waals surface area (Å²) in [7, 11) is 3.83. The van der Waals surface area contributed by atoms with Crippen LogP contribution in [-0.4, -0.2) is 43.2 Å². The van der Waals surface area contributed by atoms with E-state index in [-0.39, 0.29) is 0 Å². The van der Waals surface area contributed by atoms with Crippen LogP contribution in [0.4, 0.5) is 0 Å². The van der Waals surface area contributed by atoms with E-state index in [2.05, 4.69) is 36.8 Å². The molecule has 0 bridgehead atoms. The molecule has 130 valence electrons. The molecule has 4 heteroatoms. The van der Waals surface area contributed by atoms with Crippen molar-refractivity contribution >= 4 is 0 Å².